The molecule has 0 spiro atoms. The van der Waals surface area contributed by atoms with Crippen LogP contribution in [0.3, 0.4) is 0 Å². The summed E-state index contributed by atoms with van der Waals surface area (Å²) in [4.78, 5) is 16.7. The number of hydrogen-bond donors (Lipinski definition) is 1. The molecule has 0 saturated carbocycles. The van der Waals surface area contributed by atoms with Gasteiger partial charge in [0, 0.05) is 17.0 Å². The maximum Gasteiger partial charge on any atom is 0.387 e. The molecule has 0 atom stereocenters. The lowest BCUT2D eigenvalue weighted by Gasteiger charge is -2.09. The molecule has 0 unspecified atom stereocenters. The number of aromatic nitrogens is 1. The van der Waals surface area contributed by atoms with E-state index in [1.54, 1.807) is 42.6 Å². The second kappa shape index (κ2) is 6.44. The van der Waals surface area contributed by atoms with Gasteiger partial charge in [0.25, 0.3) is 5.91 Å². The fourth-order valence-electron chi connectivity index (χ4n) is 2.82. The predicted molar refractivity (Wildman–Crippen MR) is 92.5 cm³/mol. The number of alkyl halides is 2. The van der Waals surface area contributed by atoms with Gasteiger partial charge in [-0.1, -0.05) is 18.2 Å². The number of pyridine rings is 1. The molecule has 1 amide bonds. The Morgan fingerprint density at radius 1 is 1.12 bits per heavy atom. The van der Waals surface area contributed by atoms with Gasteiger partial charge in [0.1, 0.15) is 5.58 Å². The van der Waals surface area contributed by atoms with Gasteiger partial charge in [-0.15, -0.1) is 0 Å². The first-order valence-corrected chi connectivity index (χ1v) is 7.74. The van der Waals surface area contributed by atoms with Crippen LogP contribution >= 0.6 is 0 Å². The second-order valence-electron chi connectivity index (χ2n) is 5.49. The van der Waals surface area contributed by atoms with E-state index in [0.717, 1.165) is 0 Å². The van der Waals surface area contributed by atoms with E-state index < -0.39 is 12.5 Å². The third-order valence-electron chi connectivity index (χ3n) is 3.87. The van der Waals surface area contributed by atoms with Gasteiger partial charge in [-0.25, -0.2) is 0 Å². The van der Waals surface area contributed by atoms with E-state index in [1.807, 2.05) is 0 Å². The summed E-state index contributed by atoms with van der Waals surface area (Å²) < 4.78 is 35.6. The minimum absolute atomic E-state index is 0.102. The molecule has 4 rings (SSSR count). The van der Waals surface area contributed by atoms with Crippen molar-refractivity contribution in [2.24, 2.45) is 0 Å². The molecule has 0 fully saturated rings. The molecule has 5 nitrogen and oxygen atoms in total. The van der Waals surface area contributed by atoms with Crippen molar-refractivity contribution in [2.75, 3.05) is 5.32 Å². The van der Waals surface area contributed by atoms with Gasteiger partial charge in [0.2, 0.25) is 0 Å². The number of nitrogens with one attached hydrogen (secondary N) is 1. The van der Waals surface area contributed by atoms with Crippen molar-refractivity contribution >= 4 is 33.5 Å². The molecular weight excluding hydrogens is 342 g/mol. The van der Waals surface area contributed by atoms with Crippen LogP contribution in [0.15, 0.2) is 65.3 Å². The Kier molecular flexibility index (Phi) is 3.96. The van der Waals surface area contributed by atoms with Gasteiger partial charge in [-0.05, 0) is 30.3 Å². The van der Waals surface area contributed by atoms with Crippen LogP contribution in [0.25, 0.3) is 21.9 Å². The zero-order valence-electron chi connectivity index (χ0n) is 13.3. The minimum Gasteiger partial charge on any atom is -0.452 e. The number of furan rings is 1. The molecule has 7 heteroatoms. The Balaban J connectivity index is 1.88. The van der Waals surface area contributed by atoms with Crippen LogP contribution in [0.1, 0.15) is 10.4 Å². The first-order chi connectivity index (χ1) is 12.6. The van der Waals surface area contributed by atoms with Crippen LogP contribution in [0.4, 0.5) is 14.5 Å². The van der Waals surface area contributed by atoms with Crippen LogP contribution in [0, 0.1) is 0 Å². The first kappa shape index (κ1) is 16.0. The highest BCUT2D eigenvalue weighted by Gasteiger charge is 2.21. The van der Waals surface area contributed by atoms with Crippen molar-refractivity contribution < 1.29 is 22.7 Å². The topological polar surface area (TPSA) is 64.4 Å². The van der Waals surface area contributed by atoms with Gasteiger partial charge >= 0.3 is 6.61 Å². The Morgan fingerprint density at radius 3 is 2.73 bits per heavy atom. The van der Waals surface area contributed by atoms with Crippen molar-refractivity contribution in [3.8, 4) is 5.75 Å². The third-order valence-corrected chi connectivity index (χ3v) is 3.87. The summed E-state index contributed by atoms with van der Waals surface area (Å²) in [5.74, 6) is -0.526. The number of hydrogen-bond acceptors (Lipinski definition) is 4. The highest BCUT2D eigenvalue weighted by Crippen LogP contribution is 2.37. The van der Waals surface area contributed by atoms with Crippen LogP contribution in [0.2, 0.25) is 0 Å². The van der Waals surface area contributed by atoms with E-state index in [9.17, 15) is 13.6 Å². The fraction of sp³-hybridized carbons (Fsp3) is 0.0526. The molecule has 0 aliphatic heterocycles. The normalized spacial score (nSPS) is 11.2. The average Bonchev–Trinajstić information content (AvgIpc) is 3.02. The maximum atomic E-state index is 12.7. The first-order valence-electron chi connectivity index (χ1n) is 7.74. The number of ether oxygens (including phenoxy) is 1. The molecule has 1 N–H and O–H groups in total. The smallest absolute Gasteiger partial charge is 0.387 e. The minimum atomic E-state index is -3.00. The number of nitrogens with zero attached hydrogens (tertiary/aromatic N) is 1. The molecule has 0 saturated heterocycles. The van der Waals surface area contributed by atoms with Crippen LogP contribution in [-0.4, -0.2) is 17.5 Å². The van der Waals surface area contributed by atoms with Gasteiger partial charge in [-0.3, -0.25) is 9.78 Å². The number of amides is 1. The van der Waals surface area contributed by atoms with Gasteiger partial charge in [0.05, 0.1) is 17.4 Å². The highest BCUT2D eigenvalue weighted by atomic mass is 19.3. The van der Waals surface area contributed by atoms with Crippen molar-refractivity contribution in [3.05, 3.63) is 66.5 Å². The lowest BCUT2D eigenvalue weighted by atomic mass is 10.0. The number of benzene rings is 2. The lowest BCUT2D eigenvalue weighted by molar-refractivity contribution is -0.0493. The van der Waals surface area contributed by atoms with Crippen LogP contribution in [0.5, 0.6) is 5.75 Å². The summed E-state index contributed by atoms with van der Waals surface area (Å²) in [6, 6.07) is 13.1. The standard InChI is InChI=1S/C19H12F2N2O3/c20-19(21)26-15-8-7-13(18(24)23-11-4-3-9-22-10-11)16-12-5-1-2-6-14(12)25-17(15)16/h1-10,19H,(H,23,24). The van der Waals surface area contributed by atoms with Gasteiger partial charge in [0.15, 0.2) is 11.3 Å². The van der Waals surface area contributed by atoms with E-state index >= 15 is 0 Å². The average molecular weight is 354 g/mol. The van der Waals surface area contributed by atoms with Crippen molar-refractivity contribution in [3.63, 3.8) is 0 Å². The molecule has 2 aromatic carbocycles. The summed E-state index contributed by atoms with van der Waals surface area (Å²) in [5, 5.41) is 3.79. The molecule has 4 aromatic rings. The second-order valence-corrected chi connectivity index (χ2v) is 5.49. The number of para-hydroxylation sites is 1. The van der Waals surface area contributed by atoms with Crippen molar-refractivity contribution in [2.45, 2.75) is 6.61 Å². The molecule has 130 valence electrons. The number of carbonyl (C=O) groups excluding carboxylic acids is 1. The van der Waals surface area contributed by atoms with E-state index in [4.69, 9.17) is 4.42 Å². The summed E-state index contributed by atoms with van der Waals surface area (Å²) in [6.45, 7) is -3.00. The third kappa shape index (κ3) is 2.83. The van der Waals surface area contributed by atoms with E-state index in [0.29, 0.717) is 22.0 Å². The Morgan fingerprint density at radius 2 is 1.96 bits per heavy atom. The Labute approximate surface area is 146 Å². The maximum absolute atomic E-state index is 12.7. The summed E-state index contributed by atoms with van der Waals surface area (Å²) in [6.07, 6.45) is 3.10. The fourth-order valence-corrected chi connectivity index (χ4v) is 2.82. The number of fused-ring (bicyclic) bond motifs is 3. The van der Waals surface area contributed by atoms with E-state index in [1.165, 1.54) is 18.3 Å². The molecule has 0 aliphatic carbocycles. The van der Waals surface area contributed by atoms with Crippen molar-refractivity contribution in [1.82, 2.24) is 4.98 Å². The van der Waals surface area contributed by atoms with E-state index in [-0.39, 0.29) is 16.9 Å². The summed E-state index contributed by atoms with van der Waals surface area (Å²) >= 11 is 0. The molecule has 2 heterocycles. The summed E-state index contributed by atoms with van der Waals surface area (Å²) in [7, 11) is 0. The zero-order valence-corrected chi connectivity index (χ0v) is 13.3. The molecule has 2 aromatic heterocycles. The molecule has 0 bridgehead atoms. The van der Waals surface area contributed by atoms with Gasteiger partial charge in [-0.2, -0.15) is 8.78 Å². The lowest BCUT2D eigenvalue weighted by Crippen LogP contribution is -2.12. The number of carbonyl (C=O) groups is 1. The van der Waals surface area contributed by atoms with Crippen molar-refractivity contribution in [1.29, 1.82) is 0 Å². The molecule has 26 heavy (non-hydrogen) atoms. The van der Waals surface area contributed by atoms with Crippen LogP contribution < -0.4 is 10.1 Å². The number of rotatable bonds is 4. The largest absolute Gasteiger partial charge is 0.452 e. The van der Waals surface area contributed by atoms with Crippen LogP contribution in [-0.2, 0) is 0 Å². The summed E-state index contributed by atoms with van der Waals surface area (Å²) in [5.41, 5.74) is 1.38. The number of anilines is 1. The molecular formula is C19H12F2N2O3. The zero-order chi connectivity index (χ0) is 18.1. The van der Waals surface area contributed by atoms with Gasteiger partial charge < -0.3 is 14.5 Å². The quantitative estimate of drug-likeness (QED) is 0.570. The number of halogens is 2. The highest BCUT2D eigenvalue weighted by molar-refractivity contribution is 6.20. The predicted octanol–water partition coefficient (Wildman–Crippen LogP) is 4.83. The monoisotopic (exact) mass is 354 g/mol. The van der Waals surface area contributed by atoms with E-state index in [2.05, 4.69) is 15.0 Å². The molecule has 0 aliphatic rings. The SMILES string of the molecule is O=C(Nc1cccnc1)c1ccc(OC(F)F)c2oc3ccccc3c12. The Bertz CT molecular complexity index is 1090. The molecule has 0 radical (unpaired) electrons. The Hall–Kier alpha value is -3.48.